The predicted molar refractivity (Wildman–Crippen MR) is 72.3 cm³/mol. The Balaban J connectivity index is 2.07. The Hall–Kier alpha value is -3.14. The largest absolute Gasteiger partial charge is 0.480 e. The van der Waals surface area contributed by atoms with Gasteiger partial charge in [-0.25, -0.2) is 9.78 Å². The van der Waals surface area contributed by atoms with E-state index in [4.69, 9.17) is 10.4 Å². The number of aliphatic carboxylic acids is 1. The summed E-state index contributed by atoms with van der Waals surface area (Å²) in [4.78, 5) is 29.8. The molecular formula is C14H12N4O3. The molecule has 0 spiro atoms. The fourth-order valence-corrected chi connectivity index (χ4v) is 1.75. The van der Waals surface area contributed by atoms with E-state index < -0.39 is 17.9 Å². The molecule has 1 heterocycles. The third-order valence-corrected chi connectivity index (χ3v) is 2.86. The molecule has 2 rings (SSSR count). The molecule has 0 radical (unpaired) electrons. The molecule has 0 saturated carbocycles. The fourth-order valence-electron chi connectivity index (χ4n) is 1.75. The van der Waals surface area contributed by atoms with Crippen LogP contribution < -0.4 is 5.32 Å². The van der Waals surface area contributed by atoms with Gasteiger partial charge in [-0.1, -0.05) is 0 Å². The molecule has 0 aliphatic carbocycles. The van der Waals surface area contributed by atoms with Gasteiger partial charge >= 0.3 is 5.97 Å². The minimum atomic E-state index is -1.13. The highest BCUT2D eigenvalue weighted by Gasteiger charge is 2.21. The highest BCUT2D eigenvalue weighted by atomic mass is 16.4. The van der Waals surface area contributed by atoms with Gasteiger partial charge in [-0.2, -0.15) is 5.26 Å². The lowest BCUT2D eigenvalue weighted by Gasteiger charge is -2.13. The average molecular weight is 284 g/mol. The molecule has 3 N–H and O–H groups in total. The summed E-state index contributed by atoms with van der Waals surface area (Å²) in [5.41, 5.74) is 1.34. The third kappa shape index (κ3) is 3.67. The van der Waals surface area contributed by atoms with Crippen LogP contribution in [0.4, 0.5) is 0 Å². The van der Waals surface area contributed by atoms with Crippen LogP contribution in [0.1, 0.15) is 21.6 Å². The average Bonchev–Trinajstić information content (AvgIpc) is 2.99. The number of carboxylic acids is 1. The maximum Gasteiger partial charge on any atom is 0.326 e. The smallest absolute Gasteiger partial charge is 0.326 e. The van der Waals surface area contributed by atoms with Crippen molar-refractivity contribution < 1.29 is 14.7 Å². The van der Waals surface area contributed by atoms with Crippen LogP contribution >= 0.6 is 0 Å². The zero-order valence-electron chi connectivity index (χ0n) is 10.9. The number of carbonyl (C=O) groups excluding carboxylic acids is 1. The molecular weight excluding hydrogens is 272 g/mol. The monoisotopic (exact) mass is 284 g/mol. The number of rotatable bonds is 5. The lowest BCUT2D eigenvalue weighted by Crippen LogP contribution is -2.42. The Kier molecular flexibility index (Phi) is 4.31. The maximum atomic E-state index is 12.0. The summed E-state index contributed by atoms with van der Waals surface area (Å²) < 4.78 is 0. The Morgan fingerprint density at radius 1 is 1.38 bits per heavy atom. The van der Waals surface area contributed by atoms with Crippen molar-refractivity contribution in [2.24, 2.45) is 0 Å². The number of carbonyl (C=O) groups is 2. The van der Waals surface area contributed by atoms with Crippen molar-refractivity contribution in [1.29, 1.82) is 5.26 Å². The van der Waals surface area contributed by atoms with E-state index in [-0.39, 0.29) is 6.42 Å². The number of imidazole rings is 1. The number of amides is 1. The van der Waals surface area contributed by atoms with E-state index in [1.807, 2.05) is 6.07 Å². The predicted octanol–water partition coefficient (Wildman–Crippen LogP) is 0.707. The molecule has 0 aliphatic heterocycles. The number of hydrogen-bond acceptors (Lipinski definition) is 4. The first kappa shape index (κ1) is 14.3. The molecule has 1 aromatic carbocycles. The summed E-state index contributed by atoms with van der Waals surface area (Å²) in [5, 5.41) is 20.3. The zero-order chi connectivity index (χ0) is 15.2. The van der Waals surface area contributed by atoms with E-state index in [0.717, 1.165) is 0 Å². The van der Waals surface area contributed by atoms with Crippen molar-refractivity contribution >= 4 is 11.9 Å². The van der Waals surface area contributed by atoms with Crippen molar-refractivity contribution in [3.8, 4) is 6.07 Å². The van der Waals surface area contributed by atoms with E-state index in [1.165, 1.54) is 36.8 Å². The first-order valence-corrected chi connectivity index (χ1v) is 6.11. The van der Waals surface area contributed by atoms with Gasteiger partial charge in [-0.05, 0) is 24.3 Å². The summed E-state index contributed by atoms with van der Waals surface area (Å²) in [7, 11) is 0. The molecule has 1 atom stereocenters. The molecule has 0 aliphatic rings. The van der Waals surface area contributed by atoms with Gasteiger partial charge in [-0.3, -0.25) is 4.79 Å². The van der Waals surface area contributed by atoms with Gasteiger partial charge in [0.25, 0.3) is 5.91 Å². The Bertz CT molecular complexity index is 671. The normalized spacial score (nSPS) is 11.4. The fraction of sp³-hybridized carbons (Fsp3) is 0.143. The van der Waals surface area contributed by atoms with Crippen LogP contribution in [0.5, 0.6) is 0 Å². The number of carboxylic acid groups (broad SMARTS) is 1. The minimum Gasteiger partial charge on any atom is -0.480 e. The number of aromatic nitrogens is 2. The molecule has 1 amide bonds. The van der Waals surface area contributed by atoms with Gasteiger partial charge in [0, 0.05) is 23.9 Å². The highest BCUT2D eigenvalue weighted by molar-refractivity contribution is 5.96. The van der Waals surface area contributed by atoms with E-state index in [2.05, 4.69) is 15.3 Å². The van der Waals surface area contributed by atoms with Gasteiger partial charge < -0.3 is 15.4 Å². The van der Waals surface area contributed by atoms with Crippen LogP contribution in [-0.2, 0) is 11.2 Å². The maximum absolute atomic E-state index is 12.0. The topological polar surface area (TPSA) is 119 Å². The number of nitriles is 1. The molecule has 1 aromatic heterocycles. The number of aromatic amines is 1. The molecule has 1 unspecified atom stereocenters. The van der Waals surface area contributed by atoms with Crippen LogP contribution in [0.25, 0.3) is 0 Å². The van der Waals surface area contributed by atoms with Crippen molar-refractivity contribution in [2.45, 2.75) is 12.5 Å². The van der Waals surface area contributed by atoms with Gasteiger partial charge in [0.05, 0.1) is 18.0 Å². The molecule has 2 aromatic rings. The second-order valence-corrected chi connectivity index (χ2v) is 4.33. The van der Waals surface area contributed by atoms with Crippen molar-refractivity contribution in [2.75, 3.05) is 0 Å². The van der Waals surface area contributed by atoms with Crippen LogP contribution in [-0.4, -0.2) is 33.0 Å². The van der Waals surface area contributed by atoms with Crippen molar-refractivity contribution in [1.82, 2.24) is 15.3 Å². The second kappa shape index (κ2) is 6.34. The van der Waals surface area contributed by atoms with E-state index >= 15 is 0 Å². The first-order chi connectivity index (χ1) is 10.1. The number of H-pyrrole nitrogens is 1. The zero-order valence-corrected chi connectivity index (χ0v) is 10.9. The standard InChI is InChI=1S/C14H12N4O3/c15-6-9-1-3-10(4-2-9)13(19)18-12(14(20)21)5-11-7-16-8-17-11/h1-4,7-8,12H,5H2,(H,16,17)(H,18,19)(H,20,21). The van der Waals surface area contributed by atoms with Gasteiger partial charge in [0.2, 0.25) is 0 Å². The number of nitrogens with zero attached hydrogens (tertiary/aromatic N) is 2. The third-order valence-electron chi connectivity index (χ3n) is 2.86. The lowest BCUT2D eigenvalue weighted by atomic mass is 10.1. The lowest BCUT2D eigenvalue weighted by molar-refractivity contribution is -0.139. The number of hydrogen-bond donors (Lipinski definition) is 3. The van der Waals surface area contributed by atoms with Crippen LogP contribution in [0.15, 0.2) is 36.8 Å². The second-order valence-electron chi connectivity index (χ2n) is 4.33. The van der Waals surface area contributed by atoms with Gasteiger partial charge in [0.1, 0.15) is 6.04 Å². The molecule has 21 heavy (non-hydrogen) atoms. The molecule has 7 nitrogen and oxygen atoms in total. The summed E-state index contributed by atoms with van der Waals surface area (Å²) in [6.07, 6.45) is 3.05. The van der Waals surface area contributed by atoms with E-state index in [1.54, 1.807) is 0 Å². The van der Waals surface area contributed by atoms with E-state index in [9.17, 15) is 9.59 Å². The Morgan fingerprint density at radius 2 is 2.10 bits per heavy atom. The van der Waals surface area contributed by atoms with E-state index in [0.29, 0.717) is 16.8 Å². The first-order valence-electron chi connectivity index (χ1n) is 6.11. The summed E-state index contributed by atoms with van der Waals surface area (Å²) in [6.45, 7) is 0. The van der Waals surface area contributed by atoms with Gasteiger partial charge in [-0.15, -0.1) is 0 Å². The van der Waals surface area contributed by atoms with Crippen molar-refractivity contribution in [3.05, 3.63) is 53.6 Å². The Morgan fingerprint density at radius 3 is 2.62 bits per heavy atom. The number of benzene rings is 1. The summed E-state index contributed by atoms with van der Waals surface area (Å²) in [5.74, 6) is -1.64. The van der Waals surface area contributed by atoms with Crippen LogP contribution in [0.2, 0.25) is 0 Å². The molecule has 0 saturated heterocycles. The molecule has 0 fully saturated rings. The van der Waals surface area contributed by atoms with Gasteiger partial charge in [0.15, 0.2) is 0 Å². The molecule has 7 heteroatoms. The minimum absolute atomic E-state index is 0.108. The SMILES string of the molecule is N#Cc1ccc(C(=O)NC(Cc2cnc[nH]2)C(=O)O)cc1. The van der Waals surface area contributed by atoms with Crippen LogP contribution in [0.3, 0.4) is 0 Å². The quantitative estimate of drug-likeness (QED) is 0.747. The molecule has 0 bridgehead atoms. The Labute approximate surface area is 120 Å². The molecule has 106 valence electrons. The highest BCUT2D eigenvalue weighted by Crippen LogP contribution is 2.05. The number of nitrogens with one attached hydrogen (secondary N) is 2. The summed E-state index contributed by atoms with van der Waals surface area (Å²) in [6, 6.07) is 6.83. The summed E-state index contributed by atoms with van der Waals surface area (Å²) >= 11 is 0. The van der Waals surface area contributed by atoms with Crippen molar-refractivity contribution in [3.63, 3.8) is 0 Å². The van der Waals surface area contributed by atoms with Crippen LogP contribution in [0, 0.1) is 11.3 Å².